The van der Waals surface area contributed by atoms with E-state index in [9.17, 15) is 9.59 Å². The van der Waals surface area contributed by atoms with Gasteiger partial charge in [-0.3, -0.25) is 4.79 Å². The number of carbonyl (C=O) groups excluding carboxylic acids is 2. The van der Waals surface area contributed by atoms with E-state index in [1.165, 1.54) is 16.9 Å². The number of hydrogen-bond acceptors (Lipinski definition) is 6. The van der Waals surface area contributed by atoms with E-state index in [0.717, 1.165) is 26.7 Å². The molecule has 0 saturated carbocycles. The van der Waals surface area contributed by atoms with Gasteiger partial charge in [0.15, 0.2) is 0 Å². The zero-order valence-corrected chi connectivity index (χ0v) is 23.0. The summed E-state index contributed by atoms with van der Waals surface area (Å²) in [5.74, 6) is -0.249. The molecule has 2 heterocycles. The van der Waals surface area contributed by atoms with Crippen molar-refractivity contribution in [3.05, 3.63) is 70.6 Å². The first-order valence-corrected chi connectivity index (χ1v) is 13.1. The first-order valence-electron chi connectivity index (χ1n) is 12.3. The fourth-order valence-corrected chi connectivity index (χ4v) is 4.90. The van der Waals surface area contributed by atoms with Crippen LogP contribution in [0, 0.1) is 0 Å². The zero-order chi connectivity index (χ0) is 27.0. The highest BCUT2D eigenvalue weighted by Gasteiger charge is 2.22. The number of anilines is 1. The van der Waals surface area contributed by atoms with E-state index in [2.05, 4.69) is 49.6 Å². The van der Waals surface area contributed by atoms with Gasteiger partial charge in [-0.1, -0.05) is 39.0 Å². The van der Waals surface area contributed by atoms with Gasteiger partial charge >= 0.3 is 6.09 Å². The minimum Gasteiger partial charge on any atom is -0.444 e. The van der Waals surface area contributed by atoms with E-state index in [1.807, 2.05) is 24.3 Å². The van der Waals surface area contributed by atoms with Crippen molar-refractivity contribution in [3.63, 3.8) is 0 Å². The van der Waals surface area contributed by atoms with Gasteiger partial charge in [-0.25, -0.2) is 9.78 Å². The first-order chi connectivity index (χ1) is 17.3. The highest BCUT2D eigenvalue weighted by molar-refractivity contribution is 7.20. The van der Waals surface area contributed by atoms with Crippen LogP contribution in [-0.2, 0) is 10.2 Å². The normalized spacial score (nSPS) is 12.9. The maximum absolute atomic E-state index is 13.3. The quantitative estimate of drug-likeness (QED) is 0.268. The van der Waals surface area contributed by atoms with E-state index < -0.39 is 17.7 Å². The molecule has 4 N–H and O–H groups in total. The van der Waals surface area contributed by atoms with Gasteiger partial charge in [0.05, 0.1) is 16.4 Å². The Labute approximate surface area is 221 Å². The number of rotatable bonds is 5. The number of amides is 2. The summed E-state index contributed by atoms with van der Waals surface area (Å²) in [6.45, 7) is 12.1. The second kappa shape index (κ2) is 10.0. The Balaban J connectivity index is 1.59. The van der Waals surface area contributed by atoms with Gasteiger partial charge in [-0.15, -0.1) is 11.3 Å². The Hall–Kier alpha value is -3.65. The topological polar surface area (TPSA) is 106 Å². The predicted molar refractivity (Wildman–Crippen MR) is 151 cm³/mol. The summed E-state index contributed by atoms with van der Waals surface area (Å²) in [6, 6.07) is 17.0. The van der Waals surface area contributed by atoms with Gasteiger partial charge in [0, 0.05) is 23.0 Å². The number of nitrogens with two attached hydrogens (primary N) is 1. The van der Waals surface area contributed by atoms with Crippen molar-refractivity contribution in [1.29, 1.82) is 0 Å². The van der Waals surface area contributed by atoms with E-state index in [1.54, 1.807) is 32.9 Å². The summed E-state index contributed by atoms with van der Waals surface area (Å²) in [5, 5.41) is 7.76. The number of nitrogen functional groups attached to an aromatic ring is 1. The third-order valence-electron chi connectivity index (χ3n) is 5.86. The van der Waals surface area contributed by atoms with Crippen LogP contribution in [0.3, 0.4) is 0 Å². The number of nitrogens with one attached hydrogen (secondary N) is 2. The standard InChI is InChI=1S/C29H34N4O3S/c1-28(2,3)20-10-11-22-18(13-20)12-19-15-24(37-26(19)33-22)25(34)32-23(17-8-7-9-21(30)14-17)16-31-27(35)36-29(4,5)6/h7-15,23H,16,30H2,1-6H3,(H,31,35)(H,32,34)/t23-/m0/s1. The van der Waals surface area contributed by atoms with Crippen molar-refractivity contribution in [1.82, 2.24) is 15.6 Å². The van der Waals surface area contributed by atoms with Gasteiger partial charge in [-0.05, 0) is 73.7 Å². The minimum atomic E-state index is -0.624. The highest BCUT2D eigenvalue weighted by atomic mass is 32.1. The Bertz CT molecular complexity index is 1460. The van der Waals surface area contributed by atoms with Crippen LogP contribution in [0.2, 0.25) is 0 Å². The maximum Gasteiger partial charge on any atom is 0.407 e. The van der Waals surface area contributed by atoms with Gasteiger partial charge < -0.3 is 21.1 Å². The van der Waals surface area contributed by atoms with Crippen LogP contribution in [0.15, 0.2) is 54.6 Å². The number of fused-ring (bicyclic) bond motifs is 2. The molecule has 2 aromatic heterocycles. The lowest BCUT2D eigenvalue weighted by molar-refractivity contribution is 0.0520. The smallest absolute Gasteiger partial charge is 0.407 e. The van der Waals surface area contributed by atoms with Crippen molar-refractivity contribution < 1.29 is 14.3 Å². The average Bonchev–Trinajstić information content (AvgIpc) is 3.21. The van der Waals surface area contributed by atoms with Gasteiger partial charge in [0.1, 0.15) is 10.4 Å². The van der Waals surface area contributed by atoms with Gasteiger partial charge in [-0.2, -0.15) is 0 Å². The molecule has 0 aliphatic heterocycles. The molecule has 0 unspecified atom stereocenters. The molecular formula is C29H34N4O3S. The number of ether oxygens (including phenoxy) is 1. The monoisotopic (exact) mass is 518 g/mol. The molecule has 0 saturated heterocycles. The van der Waals surface area contributed by atoms with Crippen molar-refractivity contribution in [2.75, 3.05) is 12.3 Å². The average molecular weight is 519 g/mol. The van der Waals surface area contributed by atoms with Crippen LogP contribution in [0.4, 0.5) is 10.5 Å². The lowest BCUT2D eigenvalue weighted by Crippen LogP contribution is -2.40. The summed E-state index contributed by atoms with van der Waals surface area (Å²) < 4.78 is 5.35. The molecule has 0 fully saturated rings. The first kappa shape index (κ1) is 26.4. The molecule has 0 bridgehead atoms. The molecule has 0 aliphatic carbocycles. The van der Waals surface area contributed by atoms with E-state index in [0.29, 0.717) is 10.6 Å². The lowest BCUT2D eigenvalue weighted by atomic mass is 9.86. The largest absolute Gasteiger partial charge is 0.444 e. The summed E-state index contributed by atoms with van der Waals surface area (Å²) in [7, 11) is 0. The van der Waals surface area contributed by atoms with E-state index >= 15 is 0 Å². The lowest BCUT2D eigenvalue weighted by Gasteiger charge is -2.23. The van der Waals surface area contributed by atoms with Gasteiger partial charge in [0.2, 0.25) is 0 Å². The SMILES string of the molecule is CC(C)(C)OC(=O)NC[C@H](NC(=O)c1cc2cc3cc(C(C)(C)C)ccc3nc2s1)c1cccc(N)c1. The molecule has 2 aromatic carbocycles. The molecule has 4 rings (SSSR count). The molecule has 7 nitrogen and oxygen atoms in total. The molecule has 2 amide bonds. The van der Waals surface area contributed by atoms with Crippen molar-refractivity contribution in [2.45, 2.75) is 58.6 Å². The number of hydrogen-bond donors (Lipinski definition) is 3. The molecule has 0 radical (unpaired) electrons. The van der Waals surface area contributed by atoms with Crippen LogP contribution in [-0.4, -0.2) is 29.1 Å². The minimum absolute atomic E-state index is 0.0338. The summed E-state index contributed by atoms with van der Waals surface area (Å²) in [4.78, 5) is 31.7. The highest BCUT2D eigenvalue weighted by Crippen LogP contribution is 2.31. The van der Waals surface area contributed by atoms with Crippen molar-refractivity contribution in [2.24, 2.45) is 0 Å². The second-order valence-corrected chi connectivity index (χ2v) is 12.3. The Kier molecular flexibility index (Phi) is 7.15. The number of carbonyl (C=O) groups is 2. The Morgan fingerprint density at radius 2 is 1.76 bits per heavy atom. The molecule has 8 heteroatoms. The summed E-state index contributed by atoms with van der Waals surface area (Å²) >= 11 is 1.34. The molecule has 1 atom stereocenters. The second-order valence-electron chi connectivity index (χ2n) is 11.2. The number of pyridine rings is 1. The van der Waals surface area contributed by atoms with E-state index in [4.69, 9.17) is 15.5 Å². The predicted octanol–water partition coefficient (Wildman–Crippen LogP) is 6.33. The van der Waals surface area contributed by atoms with Crippen LogP contribution in [0.1, 0.15) is 68.4 Å². The summed E-state index contributed by atoms with van der Waals surface area (Å²) in [5.41, 5.74) is 8.88. The zero-order valence-electron chi connectivity index (χ0n) is 22.1. The number of thiophene rings is 1. The Morgan fingerprint density at radius 3 is 2.43 bits per heavy atom. The van der Waals surface area contributed by atoms with Gasteiger partial charge in [0.25, 0.3) is 5.91 Å². The van der Waals surface area contributed by atoms with Crippen LogP contribution >= 0.6 is 11.3 Å². The van der Waals surface area contributed by atoms with Crippen molar-refractivity contribution >= 4 is 50.1 Å². The molecule has 4 aromatic rings. The number of alkyl carbamates (subject to hydrolysis) is 1. The molecule has 37 heavy (non-hydrogen) atoms. The summed E-state index contributed by atoms with van der Waals surface area (Å²) in [6.07, 6.45) is -0.553. The fourth-order valence-electron chi connectivity index (χ4n) is 3.97. The molecular weight excluding hydrogens is 484 g/mol. The van der Waals surface area contributed by atoms with Crippen LogP contribution in [0.25, 0.3) is 21.1 Å². The van der Waals surface area contributed by atoms with Crippen LogP contribution in [0.5, 0.6) is 0 Å². The number of aromatic nitrogens is 1. The fraction of sp³-hybridized carbons (Fsp3) is 0.345. The molecule has 0 spiro atoms. The third-order valence-corrected chi connectivity index (χ3v) is 6.90. The number of nitrogens with zero attached hydrogens (tertiary/aromatic N) is 1. The molecule has 194 valence electrons. The van der Waals surface area contributed by atoms with Crippen LogP contribution < -0.4 is 16.4 Å². The van der Waals surface area contributed by atoms with E-state index in [-0.39, 0.29) is 17.9 Å². The Morgan fingerprint density at radius 1 is 1.00 bits per heavy atom. The molecule has 0 aliphatic rings. The van der Waals surface area contributed by atoms with Crippen molar-refractivity contribution in [3.8, 4) is 0 Å². The number of benzene rings is 2. The third kappa shape index (κ3) is 6.57. The maximum atomic E-state index is 13.3.